The zero-order chi connectivity index (χ0) is 26.7. The van der Waals surface area contributed by atoms with Crippen LogP contribution in [0.2, 0.25) is 10.0 Å². The normalized spacial score (nSPS) is 14.5. The van der Waals surface area contributed by atoms with Crippen molar-refractivity contribution in [2.24, 2.45) is 0 Å². The first-order chi connectivity index (χ1) is 17.6. The van der Waals surface area contributed by atoms with E-state index in [4.69, 9.17) is 27.9 Å². The molecule has 3 aromatic carbocycles. The molecule has 37 heavy (non-hydrogen) atoms. The van der Waals surface area contributed by atoms with Crippen LogP contribution in [0.25, 0.3) is 6.08 Å². The number of hydrogen-bond donors (Lipinski definition) is 2. The Morgan fingerprint density at radius 1 is 0.973 bits per heavy atom. The first-order valence-electron chi connectivity index (χ1n) is 11.1. The Kier molecular flexibility index (Phi) is 7.61. The van der Waals surface area contributed by atoms with Crippen LogP contribution in [0.3, 0.4) is 0 Å². The van der Waals surface area contributed by atoms with Gasteiger partial charge in [-0.3, -0.25) is 19.7 Å². The van der Waals surface area contributed by atoms with Gasteiger partial charge in [0.25, 0.3) is 17.7 Å². The summed E-state index contributed by atoms with van der Waals surface area (Å²) in [6, 6.07) is 15.7. The Labute approximate surface area is 222 Å². The Bertz CT molecular complexity index is 1450. The number of urea groups is 1. The molecule has 0 bridgehead atoms. The van der Waals surface area contributed by atoms with Crippen molar-refractivity contribution in [1.29, 1.82) is 0 Å². The number of aryl methyl sites for hydroxylation is 2. The van der Waals surface area contributed by atoms with Crippen molar-refractivity contribution in [2.45, 2.75) is 13.8 Å². The van der Waals surface area contributed by atoms with Crippen molar-refractivity contribution in [3.63, 3.8) is 0 Å². The molecule has 0 atom stereocenters. The zero-order valence-corrected chi connectivity index (χ0v) is 21.3. The van der Waals surface area contributed by atoms with Crippen molar-refractivity contribution < 1.29 is 23.9 Å². The number of anilines is 2. The maximum absolute atomic E-state index is 13.1. The lowest BCUT2D eigenvalue weighted by atomic mass is 10.1. The van der Waals surface area contributed by atoms with Gasteiger partial charge in [0.1, 0.15) is 11.3 Å². The van der Waals surface area contributed by atoms with Crippen LogP contribution in [-0.4, -0.2) is 30.4 Å². The van der Waals surface area contributed by atoms with Gasteiger partial charge in [-0.25, -0.2) is 9.69 Å². The molecule has 4 rings (SSSR count). The lowest BCUT2D eigenvalue weighted by Crippen LogP contribution is -2.54. The number of benzene rings is 3. The van der Waals surface area contributed by atoms with Crippen LogP contribution in [0.15, 0.2) is 66.2 Å². The van der Waals surface area contributed by atoms with Crippen molar-refractivity contribution in [3.8, 4) is 5.75 Å². The molecule has 0 radical (unpaired) electrons. The number of amides is 5. The van der Waals surface area contributed by atoms with E-state index in [0.29, 0.717) is 16.3 Å². The number of nitrogens with zero attached hydrogens (tertiary/aromatic N) is 1. The molecule has 1 saturated heterocycles. The van der Waals surface area contributed by atoms with Crippen LogP contribution in [-0.2, 0) is 14.4 Å². The minimum Gasteiger partial charge on any atom is -0.482 e. The fourth-order valence-electron chi connectivity index (χ4n) is 3.48. The van der Waals surface area contributed by atoms with Gasteiger partial charge in [-0.05, 0) is 67.4 Å². The van der Waals surface area contributed by atoms with Crippen LogP contribution in [0.4, 0.5) is 16.2 Å². The van der Waals surface area contributed by atoms with E-state index in [2.05, 4.69) is 10.6 Å². The Hall–Kier alpha value is -4.14. The molecule has 0 aromatic heterocycles. The zero-order valence-electron chi connectivity index (χ0n) is 19.8. The van der Waals surface area contributed by atoms with E-state index in [9.17, 15) is 19.2 Å². The number of barbiturate groups is 1. The third-order valence-electron chi connectivity index (χ3n) is 5.48. The number of nitrogens with one attached hydrogen (secondary N) is 2. The maximum atomic E-state index is 13.1. The smallest absolute Gasteiger partial charge is 0.335 e. The van der Waals surface area contributed by atoms with Gasteiger partial charge in [-0.2, -0.15) is 0 Å². The first-order valence-corrected chi connectivity index (χ1v) is 11.8. The molecule has 5 amide bonds. The fraction of sp³-hybridized carbons (Fsp3) is 0.111. The number of halogens is 2. The molecule has 1 aliphatic heterocycles. The molecule has 0 saturated carbocycles. The molecule has 188 valence electrons. The van der Waals surface area contributed by atoms with Gasteiger partial charge >= 0.3 is 6.03 Å². The van der Waals surface area contributed by atoms with E-state index in [0.717, 1.165) is 16.0 Å². The quantitative estimate of drug-likeness (QED) is 0.328. The molecule has 1 fully saturated rings. The molecule has 1 heterocycles. The van der Waals surface area contributed by atoms with Gasteiger partial charge in [0.15, 0.2) is 6.61 Å². The minimum absolute atomic E-state index is 0.166. The summed E-state index contributed by atoms with van der Waals surface area (Å²) in [4.78, 5) is 50.9. The molecule has 8 nitrogen and oxygen atoms in total. The Morgan fingerprint density at radius 3 is 2.38 bits per heavy atom. The second-order valence-corrected chi connectivity index (χ2v) is 9.10. The van der Waals surface area contributed by atoms with E-state index in [1.165, 1.54) is 24.3 Å². The summed E-state index contributed by atoms with van der Waals surface area (Å²) in [6.45, 7) is 3.46. The number of imide groups is 2. The van der Waals surface area contributed by atoms with Crippen molar-refractivity contribution in [1.82, 2.24) is 5.32 Å². The monoisotopic (exact) mass is 537 g/mol. The molecule has 1 aliphatic rings. The molecule has 3 aromatic rings. The second kappa shape index (κ2) is 10.9. The van der Waals surface area contributed by atoms with Crippen molar-refractivity contribution >= 4 is 64.4 Å². The highest BCUT2D eigenvalue weighted by molar-refractivity contribution is 6.39. The summed E-state index contributed by atoms with van der Waals surface area (Å²) in [6.07, 6.45) is 1.31. The van der Waals surface area contributed by atoms with Gasteiger partial charge in [0, 0.05) is 10.7 Å². The Balaban J connectivity index is 1.48. The summed E-state index contributed by atoms with van der Waals surface area (Å²) in [7, 11) is 0. The van der Waals surface area contributed by atoms with Gasteiger partial charge < -0.3 is 10.1 Å². The SMILES string of the molecule is Cc1ccc(NC(=O)COc2ccc(/C=C3\C(=O)NC(=O)N(c4ccc(C)c(Cl)c4)C3=O)cc2Cl)cc1. The molecule has 10 heteroatoms. The van der Waals surface area contributed by atoms with E-state index < -0.39 is 17.8 Å². The third kappa shape index (κ3) is 5.99. The van der Waals surface area contributed by atoms with Crippen LogP contribution >= 0.6 is 23.2 Å². The summed E-state index contributed by atoms with van der Waals surface area (Å²) < 4.78 is 5.52. The largest absolute Gasteiger partial charge is 0.482 e. The number of carbonyl (C=O) groups is 4. The molecule has 0 unspecified atom stereocenters. The van der Waals surface area contributed by atoms with Gasteiger partial charge in [0.05, 0.1) is 10.7 Å². The summed E-state index contributed by atoms with van der Waals surface area (Å²) in [5.74, 6) is -1.77. The lowest BCUT2D eigenvalue weighted by Gasteiger charge is -2.26. The van der Waals surface area contributed by atoms with Crippen LogP contribution < -0.4 is 20.3 Å². The number of hydrogen-bond acceptors (Lipinski definition) is 5. The fourth-order valence-corrected chi connectivity index (χ4v) is 3.90. The molecule has 0 aliphatic carbocycles. The van der Waals surface area contributed by atoms with Crippen LogP contribution in [0.5, 0.6) is 5.75 Å². The summed E-state index contributed by atoms with van der Waals surface area (Å²) >= 11 is 12.5. The summed E-state index contributed by atoms with van der Waals surface area (Å²) in [5.41, 5.74) is 2.86. The third-order valence-corrected chi connectivity index (χ3v) is 6.18. The highest BCUT2D eigenvalue weighted by Crippen LogP contribution is 2.29. The molecule has 2 N–H and O–H groups in total. The van der Waals surface area contributed by atoms with Crippen LogP contribution in [0.1, 0.15) is 16.7 Å². The predicted octanol–water partition coefficient (Wildman–Crippen LogP) is 5.29. The average molecular weight is 538 g/mol. The van der Waals surface area contributed by atoms with Crippen molar-refractivity contribution in [2.75, 3.05) is 16.8 Å². The van der Waals surface area contributed by atoms with Gasteiger partial charge in [-0.1, -0.05) is 53.0 Å². The second-order valence-electron chi connectivity index (χ2n) is 8.28. The standard InChI is InChI=1S/C27H21Cl2N3O5/c1-15-3-7-18(8-4-15)30-24(33)14-37-23-10-6-17(12-22(23)29)11-20-25(34)31-27(36)32(26(20)35)19-9-5-16(2)21(28)13-19/h3-13H,14H2,1-2H3,(H,30,33)(H,31,34,36)/b20-11+. The lowest BCUT2D eigenvalue weighted by molar-refractivity contribution is -0.122. The van der Waals surface area contributed by atoms with Crippen LogP contribution in [0, 0.1) is 13.8 Å². The number of ether oxygens (including phenoxy) is 1. The van der Waals surface area contributed by atoms with E-state index in [1.54, 1.807) is 37.3 Å². The Morgan fingerprint density at radius 2 is 1.70 bits per heavy atom. The highest BCUT2D eigenvalue weighted by atomic mass is 35.5. The number of rotatable bonds is 6. The minimum atomic E-state index is -0.877. The predicted molar refractivity (Wildman–Crippen MR) is 142 cm³/mol. The molecule has 0 spiro atoms. The van der Waals surface area contributed by atoms with Gasteiger partial charge in [-0.15, -0.1) is 0 Å². The maximum Gasteiger partial charge on any atom is 0.335 e. The van der Waals surface area contributed by atoms with E-state index in [1.807, 2.05) is 19.1 Å². The van der Waals surface area contributed by atoms with Crippen molar-refractivity contribution in [3.05, 3.63) is 93.0 Å². The average Bonchev–Trinajstić information content (AvgIpc) is 2.84. The van der Waals surface area contributed by atoms with E-state index in [-0.39, 0.29) is 34.5 Å². The topological polar surface area (TPSA) is 105 Å². The first kappa shape index (κ1) is 25.9. The van der Waals surface area contributed by atoms with Gasteiger partial charge in [0.2, 0.25) is 0 Å². The van der Waals surface area contributed by atoms with E-state index >= 15 is 0 Å². The number of carbonyl (C=O) groups excluding carboxylic acids is 4. The summed E-state index contributed by atoms with van der Waals surface area (Å²) in [5, 5.41) is 5.42. The molecular formula is C27H21Cl2N3O5. The highest BCUT2D eigenvalue weighted by Gasteiger charge is 2.37. The molecular weight excluding hydrogens is 517 g/mol.